The van der Waals surface area contributed by atoms with E-state index < -0.39 is 0 Å². The smallest absolute Gasteiger partial charge is 0.251 e. The number of nitrogens with one attached hydrogen (secondary N) is 1. The van der Waals surface area contributed by atoms with E-state index in [1.165, 1.54) is 37.5 Å². The molecule has 0 saturated carbocycles. The summed E-state index contributed by atoms with van der Waals surface area (Å²) in [7, 11) is 0. The van der Waals surface area contributed by atoms with E-state index in [9.17, 15) is 9.18 Å². The van der Waals surface area contributed by atoms with Gasteiger partial charge in [-0.05, 0) is 46.5 Å². The number of rotatable bonds is 8. The average molecular weight is 344 g/mol. The van der Waals surface area contributed by atoms with Gasteiger partial charge in [0.2, 0.25) is 0 Å². The minimum absolute atomic E-state index is 0.145. The number of unbranched alkanes of at least 4 members (excludes halogenated alkanes) is 3. The highest BCUT2D eigenvalue weighted by Crippen LogP contribution is 2.16. The number of hydrogen-bond donors (Lipinski definition) is 1. The van der Waals surface area contributed by atoms with Gasteiger partial charge in [0, 0.05) is 12.1 Å². The number of hydrogen-bond acceptors (Lipinski definition) is 1. The molecule has 0 fully saturated rings. The van der Waals surface area contributed by atoms with E-state index in [4.69, 9.17) is 0 Å². The minimum Gasteiger partial charge on any atom is -0.352 e. The fraction of sp³-hybridized carbons (Fsp3) is 0.562. The lowest BCUT2D eigenvalue weighted by Crippen LogP contribution is -2.24. The molecule has 1 rings (SSSR count). The van der Waals surface area contributed by atoms with Crippen LogP contribution in [-0.2, 0) is 0 Å². The highest BCUT2D eigenvalue weighted by Gasteiger charge is 2.07. The predicted octanol–water partition coefficient (Wildman–Crippen LogP) is 4.92. The summed E-state index contributed by atoms with van der Waals surface area (Å²) < 4.78 is 13.4. The maximum absolute atomic E-state index is 13.1. The first-order valence-electron chi connectivity index (χ1n) is 7.24. The first-order chi connectivity index (χ1) is 9.50. The standard InChI is InChI=1S/C16H23BrFNO/c1-12(2)7-5-3-4-6-10-19-16(20)13-8-9-15(18)14(17)11-13/h8-9,11-12H,3-7,10H2,1-2H3,(H,19,20). The van der Waals surface area contributed by atoms with Crippen molar-refractivity contribution in [2.45, 2.75) is 46.0 Å². The van der Waals surface area contributed by atoms with Crippen molar-refractivity contribution in [1.82, 2.24) is 5.32 Å². The Morgan fingerprint density at radius 3 is 2.60 bits per heavy atom. The summed E-state index contributed by atoms with van der Waals surface area (Å²) in [6.07, 6.45) is 5.88. The van der Waals surface area contributed by atoms with Crippen molar-refractivity contribution in [2.75, 3.05) is 6.54 Å². The Bertz CT molecular complexity index is 434. The van der Waals surface area contributed by atoms with Gasteiger partial charge in [-0.15, -0.1) is 0 Å². The van der Waals surface area contributed by atoms with Crippen molar-refractivity contribution < 1.29 is 9.18 Å². The molecular formula is C16H23BrFNO. The van der Waals surface area contributed by atoms with Gasteiger partial charge in [-0.1, -0.05) is 39.5 Å². The molecule has 0 unspecified atom stereocenters. The number of amides is 1. The van der Waals surface area contributed by atoms with E-state index in [0.29, 0.717) is 16.6 Å². The monoisotopic (exact) mass is 343 g/mol. The molecule has 4 heteroatoms. The highest BCUT2D eigenvalue weighted by molar-refractivity contribution is 9.10. The second-order valence-corrected chi connectivity index (χ2v) is 6.34. The lowest BCUT2D eigenvalue weighted by atomic mass is 10.0. The zero-order valence-electron chi connectivity index (χ0n) is 12.2. The molecule has 0 spiro atoms. The zero-order chi connectivity index (χ0) is 15.0. The summed E-state index contributed by atoms with van der Waals surface area (Å²) in [4.78, 5) is 11.8. The van der Waals surface area contributed by atoms with Gasteiger partial charge < -0.3 is 5.32 Å². The van der Waals surface area contributed by atoms with E-state index in [0.717, 1.165) is 18.8 Å². The van der Waals surface area contributed by atoms with E-state index in [2.05, 4.69) is 35.1 Å². The van der Waals surface area contributed by atoms with Gasteiger partial charge in [-0.25, -0.2) is 4.39 Å². The summed E-state index contributed by atoms with van der Waals surface area (Å²) in [5, 5.41) is 2.86. The Morgan fingerprint density at radius 2 is 1.95 bits per heavy atom. The third-order valence-corrected chi connectivity index (χ3v) is 3.78. The van der Waals surface area contributed by atoms with E-state index >= 15 is 0 Å². The molecule has 0 bridgehead atoms. The molecule has 0 aliphatic carbocycles. The Morgan fingerprint density at radius 1 is 1.25 bits per heavy atom. The highest BCUT2D eigenvalue weighted by atomic mass is 79.9. The first-order valence-corrected chi connectivity index (χ1v) is 8.03. The molecule has 2 nitrogen and oxygen atoms in total. The molecular weight excluding hydrogens is 321 g/mol. The van der Waals surface area contributed by atoms with Gasteiger partial charge in [0.15, 0.2) is 0 Å². The second-order valence-electron chi connectivity index (χ2n) is 5.48. The van der Waals surface area contributed by atoms with E-state index in [-0.39, 0.29) is 11.7 Å². The molecule has 20 heavy (non-hydrogen) atoms. The van der Waals surface area contributed by atoms with Crippen LogP contribution in [0.15, 0.2) is 22.7 Å². The number of benzene rings is 1. The molecule has 0 atom stereocenters. The van der Waals surface area contributed by atoms with Crippen molar-refractivity contribution in [2.24, 2.45) is 5.92 Å². The Kier molecular flexibility index (Phi) is 7.82. The summed E-state index contributed by atoms with van der Waals surface area (Å²) in [6, 6.07) is 4.30. The summed E-state index contributed by atoms with van der Waals surface area (Å²) in [6.45, 7) is 5.15. The number of halogens is 2. The number of carbonyl (C=O) groups excluding carboxylic acids is 1. The van der Waals surface area contributed by atoms with Crippen LogP contribution in [0.25, 0.3) is 0 Å². The topological polar surface area (TPSA) is 29.1 Å². The third-order valence-electron chi connectivity index (χ3n) is 3.18. The normalized spacial score (nSPS) is 10.8. The molecule has 0 aliphatic heterocycles. The predicted molar refractivity (Wildman–Crippen MR) is 84.4 cm³/mol. The fourth-order valence-corrected chi connectivity index (χ4v) is 2.35. The van der Waals surface area contributed by atoms with Crippen molar-refractivity contribution in [3.63, 3.8) is 0 Å². The Balaban J connectivity index is 2.18. The molecule has 0 aliphatic rings. The molecule has 1 aromatic rings. The van der Waals surface area contributed by atoms with Crippen LogP contribution in [0.1, 0.15) is 56.3 Å². The van der Waals surface area contributed by atoms with Crippen LogP contribution in [-0.4, -0.2) is 12.5 Å². The van der Waals surface area contributed by atoms with Gasteiger partial charge >= 0.3 is 0 Å². The fourth-order valence-electron chi connectivity index (χ4n) is 1.97. The van der Waals surface area contributed by atoms with Crippen LogP contribution in [0, 0.1) is 11.7 Å². The third kappa shape index (κ3) is 6.51. The molecule has 1 aromatic carbocycles. The maximum Gasteiger partial charge on any atom is 0.251 e. The van der Waals surface area contributed by atoms with Crippen molar-refractivity contribution in [1.29, 1.82) is 0 Å². The quantitative estimate of drug-likeness (QED) is 0.666. The first kappa shape index (κ1) is 17.2. The van der Waals surface area contributed by atoms with Crippen molar-refractivity contribution >= 4 is 21.8 Å². The van der Waals surface area contributed by atoms with Crippen LogP contribution >= 0.6 is 15.9 Å². The molecule has 1 N–H and O–H groups in total. The van der Waals surface area contributed by atoms with Gasteiger partial charge in [0.25, 0.3) is 5.91 Å². The van der Waals surface area contributed by atoms with Crippen molar-refractivity contribution in [3.05, 3.63) is 34.1 Å². The SMILES string of the molecule is CC(C)CCCCCCNC(=O)c1ccc(F)c(Br)c1. The maximum atomic E-state index is 13.1. The van der Waals surface area contributed by atoms with Gasteiger partial charge in [-0.3, -0.25) is 4.79 Å². The lowest BCUT2D eigenvalue weighted by molar-refractivity contribution is 0.0953. The molecule has 0 saturated heterocycles. The molecule has 0 radical (unpaired) electrons. The number of carbonyl (C=O) groups is 1. The van der Waals surface area contributed by atoms with E-state index in [1.54, 1.807) is 0 Å². The Labute approximate surface area is 129 Å². The molecule has 1 amide bonds. The average Bonchev–Trinajstić information content (AvgIpc) is 2.40. The van der Waals surface area contributed by atoms with E-state index in [1.807, 2.05) is 0 Å². The summed E-state index contributed by atoms with van der Waals surface area (Å²) >= 11 is 3.08. The zero-order valence-corrected chi connectivity index (χ0v) is 13.8. The van der Waals surface area contributed by atoms with Crippen LogP contribution < -0.4 is 5.32 Å². The molecule has 0 aromatic heterocycles. The largest absolute Gasteiger partial charge is 0.352 e. The minimum atomic E-state index is -0.355. The van der Waals surface area contributed by atoms with Crippen LogP contribution in [0.4, 0.5) is 4.39 Å². The van der Waals surface area contributed by atoms with Crippen molar-refractivity contribution in [3.8, 4) is 0 Å². The molecule has 0 heterocycles. The van der Waals surface area contributed by atoms with Gasteiger partial charge in [-0.2, -0.15) is 0 Å². The summed E-state index contributed by atoms with van der Waals surface area (Å²) in [5.41, 5.74) is 0.484. The van der Waals surface area contributed by atoms with Crippen LogP contribution in [0.3, 0.4) is 0 Å². The summed E-state index contributed by atoms with van der Waals surface area (Å²) in [5.74, 6) is 0.270. The van der Waals surface area contributed by atoms with Gasteiger partial charge in [0.05, 0.1) is 4.47 Å². The second kappa shape index (κ2) is 9.11. The van der Waals surface area contributed by atoms with Gasteiger partial charge in [0.1, 0.15) is 5.82 Å². The Hall–Kier alpha value is -0.900. The molecule has 112 valence electrons. The van der Waals surface area contributed by atoms with Crippen LogP contribution in [0.5, 0.6) is 0 Å². The van der Waals surface area contributed by atoms with Crippen LogP contribution in [0.2, 0.25) is 0 Å². The lowest BCUT2D eigenvalue weighted by Gasteiger charge is -2.07.